The Kier molecular flexibility index (Phi) is 5.73. The molecule has 3 aromatic rings. The van der Waals surface area contributed by atoms with Crippen LogP contribution in [0.3, 0.4) is 0 Å². The number of pyridine rings is 1. The van der Waals surface area contributed by atoms with Crippen molar-refractivity contribution in [1.29, 1.82) is 5.26 Å². The monoisotopic (exact) mass is 553 g/mol. The van der Waals surface area contributed by atoms with Crippen LogP contribution in [0.25, 0.3) is 10.9 Å². The molecule has 9 heteroatoms. The third-order valence-corrected chi connectivity index (χ3v) is 9.44. The minimum atomic E-state index is -0.219. The van der Waals surface area contributed by atoms with Gasteiger partial charge in [0, 0.05) is 68.7 Å². The minimum absolute atomic E-state index is 0.0206. The first kappa shape index (κ1) is 24.3. The van der Waals surface area contributed by atoms with Crippen molar-refractivity contribution >= 4 is 22.3 Å². The molecule has 0 saturated carbocycles. The predicted octanol–water partition coefficient (Wildman–Crippen LogP) is 2.62. The Balaban J connectivity index is 0.928. The van der Waals surface area contributed by atoms with Crippen molar-refractivity contribution in [2.45, 2.75) is 36.9 Å². The number of rotatable bonds is 4. The van der Waals surface area contributed by atoms with Crippen LogP contribution in [0, 0.1) is 11.3 Å². The summed E-state index contributed by atoms with van der Waals surface area (Å²) < 4.78 is 26.9. The number of nitrogens with one attached hydrogen (secondary N) is 1. The number of benzene rings is 2. The molecule has 0 unspecified atom stereocenters. The third-order valence-electron chi connectivity index (χ3n) is 9.44. The summed E-state index contributed by atoms with van der Waals surface area (Å²) in [5, 5.41) is 14.0. The van der Waals surface area contributed by atoms with Gasteiger partial charge in [0.2, 0.25) is 0 Å². The van der Waals surface area contributed by atoms with E-state index >= 15 is 0 Å². The molecule has 212 valence electrons. The third kappa shape index (κ3) is 4.28. The first-order valence-corrected chi connectivity index (χ1v) is 14.7. The summed E-state index contributed by atoms with van der Waals surface area (Å²) in [4.78, 5) is 11.6. The first-order chi connectivity index (χ1) is 20.4. The van der Waals surface area contributed by atoms with Gasteiger partial charge in [-0.1, -0.05) is 6.07 Å². The summed E-state index contributed by atoms with van der Waals surface area (Å²) in [6.45, 7) is 11.5. The highest BCUT2D eigenvalue weighted by Crippen LogP contribution is 2.45. The van der Waals surface area contributed by atoms with Crippen LogP contribution in [0.1, 0.15) is 25.0 Å². The Bertz CT molecular complexity index is 1570. The number of hydrogen-bond acceptors (Lipinski definition) is 9. The van der Waals surface area contributed by atoms with E-state index in [1.54, 1.807) is 6.07 Å². The van der Waals surface area contributed by atoms with Crippen LogP contribution in [0.15, 0.2) is 48.6 Å². The number of ether oxygens (including phenoxy) is 3. The molecule has 1 N–H and O–H groups in total. The molecule has 0 aliphatic carbocycles. The molecule has 1 aromatic heterocycles. The molecular weight excluding hydrogens is 516 g/mol. The highest BCUT2D eigenvalue weighted by Gasteiger charge is 2.51. The highest BCUT2D eigenvalue weighted by atomic mass is 16.5. The lowest BCUT2D eigenvalue weighted by atomic mass is 9.84. The van der Waals surface area contributed by atoms with Crippen molar-refractivity contribution in [3.63, 3.8) is 0 Å². The second-order valence-electron chi connectivity index (χ2n) is 12.4. The van der Waals surface area contributed by atoms with Gasteiger partial charge < -0.3 is 29.3 Å². The molecular formula is C32H36N6O3. The Labute approximate surface area is 242 Å². The van der Waals surface area contributed by atoms with E-state index in [4.69, 9.17) is 15.6 Å². The standard InChI is InChI=1S/C32H36N6O3/c1-22-13-37(29-7-4-23(12-33)30-27(29)3-2-8-35-30)15-26(41-22)14-36-20-32(21-36)28-6-5-25(11-24(28)16-40-32)38-18-31(19-38)17-34-9-10-39-31/h2-8,11,22,26,34H,9-10,13-21H2,1H3/t22-,26+/m1/s1/i8D. The number of nitrogens with zero attached hydrogens (tertiary/aromatic N) is 5. The molecule has 5 aliphatic rings. The van der Waals surface area contributed by atoms with Crippen molar-refractivity contribution in [3.8, 4) is 6.07 Å². The van der Waals surface area contributed by atoms with Crippen LogP contribution in [0.5, 0.6) is 0 Å². The van der Waals surface area contributed by atoms with E-state index in [1.807, 2.05) is 18.2 Å². The summed E-state index contributed by atoms with van der Waals surface area (Å²) in [6.07, 6.45) is 0.299. The van der Waals surface area contributed by atoms with Crippen molar-refractivity contribution in [3.05, 3.63) is 65.3 Å². The van der Waals surface area contributed by atoms with Crippen molar-refractivity contribution in [2.24, 2.45) is 0 Å². The van der Waals surface area contributed by atoms with Crippen LogP contribution >= 0.6 is 0 Å². The molecule has 4 fully saturated rings. The van der Waals surface area contributed by atoms with Gasteiger partial charge in [-0.3, -0.25) is 9.88 Å². The zero-order chi connectivity index (χ0) is 28.5. The maximum Gasteiger partial charge on any atom is 0.119 e. The predicted molar refractivity (Wildman–Crippen MR) is 156 cm³/mol. The summed E-state index contributed by atoms with van der Waals surface area (Å²) in [7, 11) is 0. The van der Waals surface area contributed by atoms with Gasteiger partial charge in [-0.05, 0) is 54.4 Å². The fraction of sp³-hybridized carbons (Fsp3) is 0.500. The lowest BCUT2D eigenvalue weighted by molar-refractivity contribution is -0.155. The van der Waals surface area contributed by atoms with Gasteiger partial charge in [-0.25, -0.2) is 0 Å². The van der Waals surface area contributed by atoms with Crippen molar-refractivity contribution in [2.75, 3.05) is 75.3 Å². The topological polar surface area (TPSA) is 86.1 Å². The van der Waals surface area contributed by atoms with Gasteiger partial charge in [0.05, 0.1) is 51.0 Å². The van der Waals surface area contributed by atoms with Crippen molar-refractivity contribution < 1.29 is 15.6 Å². The summed E-state index contributed by atoms with van der Waals surface area (Å²) in [6, 6.07) is 16.5. The first-order valence-electron chi connectivity index (χ1n) is 15.2. The summed E-state index contributed by atoms with van der Waals surface area (Å²) in [5.41, 5.74) is 5.80. The molecule has 5 aliphatic heterocycles. The Morgan fingerprint density at radius 2 is 2.02 bits per heavy atom. The van der Waals surface area contributed by atoms with E-state index in [2.05, 4.69) is 56.2 Å². The minimum Gasteiger partial charge on any atom is -0.370 e. The van der Waals surface area contributed by atoms with Gasteiger partial charge >= 0.3 is 0 Å². The summed E-state index contributed by atoms with van der Waals surface area (Å²) in [5.74, 6) is 0. The maximum atomic E-state index is 9.58. The molecule has 0 bridgehead atoms. The normalized spacial score (nSPS) is 26.9. The fourth-order valence-electron chi connectivity index (χ4n) is 7.54. The molecule has 2 atom stereocenters. The molecule has 4 saturated heterocycles. The highest BCUT2D eigenvalue weighted by molar-refractivity contribution is 5.95. The molecule has 8 rings (SSSR count). The maximum absolute atomic E-state index is 9.58. The lowest BCUT2D eigenvalue weighted by Gasteiger charge is -2.53. The number of hydrogen-bond donors (Lipinski definition) is 1. The Morgan fingerprint density at radius 3 is 2.85 bits per heavy atom. The number of nitriles is 1. The van der Waals surface area contributed by atoms with Crippen LogP contribution in [0.4, 0.5) is 11.4 Å². The van der Waals surface area contributed by atoms with Gasteiger partial charge in [0.15, 0.2) is 0 Å². The number of aromatic nitrogens is 1. The number of anilines is 2. The van der Waals surface area contributed by atoms with Gasteiger partial charge in [0.25, 0.3) is 0 Å². The zero-order valence-electron chi connectivity index (χ0n) is 24.4. The van der Waals surface area contributed by atoms with E-state index in [0.29, 0.717) is 17.7 Å². The molecule has 2 spiro atoms. The zero-order valence-corrected chi connectivity index (χ0v) is 23.4. The molecule has 9 nitrogen and oxygen atoms in total. The van der Waals surface area contributed by atoms with Gasteiger partial charge in [-0.15, -0.1) is 0 Å². The van der Waals surface area contributed by atoms with E-state index in [0.717, 1.165) is 76.6 Å². The van der Waals surface area contributed by atoms with Gasteiger partial charge in [0.1, 0.15) is 17.3 Å². The lowest BCUT2D eigenvalue weighted by Crippen LogP contribution is -2.70. The van der Waals surface area contributed by atoms with Crippen LogP contribution in [0.2, 0.25) is 0 Å². The molecule has 0 radical (unpaired) electrons. The fourth-order valence-corrected chi connectivity index (χ4v) is 7.54. The van der Waals surface area contributed by atoms with Crippen LogP contribution in [-0.4, -0.2) is 93.2 Å². The van der Waals surface area contributed by atoms with Crippen molar-refractivity contribution in [1.82, 2.24) is 15.2 Å². The number of likely N-dealkylation sites (tertiary alicyclic amines) is 1. The second-order valence-corrected chi connectivity index (χ2v) is 12.4. The number of morpholine rings is 2. The van der Waals surface area contributed by atoms with Gasteiger partial charge in [-0.2, -0.15) is 5.26 Å². The quantitative estimate of drug-likeness (QED) is 0.524. The average molecular weight is 554 g/mol. The second kappa shape index (κ2) is 9.65. The Hall–Kier alpha value is -3.26. The smallest absolute Gasteiger partial charge is 0.119 e. The largest absolute Gasteiger partial charge is 0.370 e. The van der Waals surface area contributed by atoms with E-state index in [-0.39, 0.29) is 29.6 Å². The number of fused-ring (bicyclic) bond motifs is 3. The van der Waals surface area contributed by atoms with Crippen LogP contribution < -0.4 is 15.1 Å². The average Bonchev–Trinajstić information content (AvgIpc) is 3.34. The molecule has 2 aromatic carbocycles. The SMILES string of the molecule is [2H]c1ccc2c(N3C[C@H](CN4CC5(C4)OCc4cc(N6CC7(CNCCO7)C6)ccc45)O[C@H](C)C3)ccc(C#N)c2n1. The summed E-state index contributed by atoms with van der Waals surface area (Å²) >= 11 is 0. The van der Waals surface area contributed by atoms with E-state index in [1.165, 1.54) is 16.8 Å². The Morgan fingerprint density at radius 1 is 1.12 bits per heavy atom. The van der Waals surface area contributed by atoms with E-state index < -0.39 is 0 Å². The van der Waals surface area contributed by atoms with Crippen LogP contribution in [-0.2, 0) is 26.4 Å². The molecule has 6 heterocycles. The molecule has 0 amide bonds. The molecule has 41 heavy (non-hydrogen) atoms. The van der Waals surface area contributed by atoms with E-state index in [9.17, 15) is 5.26 Å².